The summed E-state index contributed by atoms with van der Waals surface area (Å²) in [6, 6.07) is 0.134. The van der Waals surface area contributed by atoms with E-state index in [9.17, 15) is 31.1 Å². The lowest BCUT2D eigenvalue weighted by molar-refractivity contribution is -0.143. The van der Waals surface area contributed by atoms with Crippen molar-refractivity contribution in [1.29, 1.82) is 0 Å². The fraction of sp³-hybridized carbons (Fsp3) is 0.423. The molecule has 224 valence electrons. The topological polar surface area (TPSA) is 79.8 Å². The summed E-state index contributed by atoms with van der Waals surface area (Å²) in [6.07, 6.45) is -1.77. The zero-order chi connectivity index (χ0) is 30.2. The Labute approximate surface area is 237 Å². The van der Waals surface area contributed by atoms with Gasteiger partial charge < -0.3 is 24.6 Å². The van der Waals surface area contributed by atoms with E-state index in [1.807, 2.05) is 43.1 Å². The molecule has 0 saturated carbocycles. The fourth-order valence-corrected chi connectivity index (χ4v) is 4.38. The van der Waals surface area contributed by atoms with Crippen molar-refractivity contribution < 1.29 is 40.6 Å². The van der Waals surface area contributed by atoms with Crippen molar-refractivity contribution in [3.63, 3.8) is 0 Å². The predicted molar refractivity (Wildman–Crippen MR) is 143 cm³/mol. The molecule has 41 heavy (non-hydrogen) atoms. The molecule has 2 heterocycles. The van der Waals surface area contributed by atoms with Crippen molar-refractivity contribution in [2.24, 2.45) is 0 Å². The van der Waals surface area contributed by atoms with Gasteiger partial charge in [-0.15, -0.1) is 4.37 Å². The van der Waals surface area contributed by atoms with E-state index in [1.54, 1.807) is 7.11 Å². The summed E-state index contributed by atoms with van der Waals surface area (Å²) in [7, 11) is 1.60. The number of aromatic nitrogens is 2. The highest BCUT2D eigenvalue weighted by Gasteiger charge is 2.37. The molecule has 0 atom stereocenters. The van der Waals surface area contributed by atoms with Crippen LogP contribution in [0.4, 0.5) is 42.6 Å². The summed E-state index contributed by atoms with van der Waals surface area (Å²) < 4.78 is 98.3. The molecule has 0 bridgehead atoms. The molecule has 8 nitrogen and oxygen atoms in total. The SMILES string of the molecule is CC.COC1=CC=C(COc2nsnc2N2CCN(C(=O)Nc3cc(C(F)(F)F)cc(C(F)(F)F)c3)CC2)C=CC1. The first-order valence-corrected chi connectivity index (χ1v) is 13.3. The number of rotatable bonds is 6. The van der Waals surface area contributed by atoms with E-state index < -0.39 is 35.2 Å². The second-order valence-corrected chi connectivity index (χ2v) is 9.09. The third-order valence-corrected chi connectivity index (χ3v) is 6.42. The van der Waals surface area contributed by atoms with Gasteiger partial charge in [-0.1, -0.05) is 32.1 Å². The molecule has 1 aliphatic heterocycles. The van der Waals surface area contributed by atoms with E-state index in [2.05, 4.69) is 14.1 Å². The van der Waals surface area contributed by atoms with Crippen LogP contribution in [0.3, 0.4) is 0 Å². The van der Waals surface area contributed by atoms with Gasteiger partial charge in [-0.25, -0.2) is 4.79 Å². The van der Waals surface area contributed by atoms with Gasteiger partial charge in [-0.2, -0.15) is 30.7 Å². The Morgan fingerprint density at radius 2 is 1.61 bits per heavy atom. The first-order valence-electron chi connectivity index (χ1n) is 12.6. The van der Waals surface area contributed by atoms with E-state index in [4.69, 9.17) is 9.47 Å². The zero-order valence-corrected chi connectivity index (χ0v) is 23.3. The smallest absolute Gasteiger partial charge is 0.416 e. The third-order valence-electron chi connectivity index (χ3n) is 5.92. The molecule has 1 saturated heterocycles. The molecule has 0 radical (unpaired) electrons. The van der Waals surface area contributed by atoms with Crippen LogP contribution in [0, 0.1) is 0 Å². The molecule has 4 rings (SSSR count). The normalized spacial score (nSPS) is 15.7. The van der Waals surface area contributed by atoms with Crippen LogP contribution >= 0.6 is 11.7 Å². The van der Waals surface area contributed by atoms with E-state index in [0.717, 1.165) is 23.1 Å². The summed E-state index contributed by atoms with van der Waals surface area (Å²) in [5.41, 5.74) is -2.72. The maximum atomic E-state index is 13.1. The number of nitrogens with one attached hydrogen (secondary N) is 1. The summed E-state index contributed by atoms with van der Waals surface area (Å²) in [5, 5.41) is 2.16. The number of benzene rings is 1. The van der Waals surface area contributed by atoms with Gasteiger partial charge in [0, 0.05) is 38.3 Å². The number of hydrogen-bond donors (Lipinski definition) is 1. The van der Waals surface area contributed by atoms with Crippen molar-refractivity contribution in [2.75, 3.05) is 50.1 Å². The molecule has 0 spiro atoms. The number of amides is 2. The highest BCUT2D eigenvalue weighted by molar-refractivity contribution is 6.99. The van der Waals surface area contributed by atoms with Gasteiger partial charge in [0.2, 0.25) is 5.82 Å². The summed E-state index contributed by atoms with van der Waals surface area (Å²) in [6.45, 7) is 5.13. The molecule has 0 unspecified atom stereocenters. The molecule has 2 amide bonds. The lowest BCUT2D eigenvalue weighted by atomic mass is 10.1. The minimum atomic E-state index is -5.01. The number of carbonyl (C=O) groups is 1. The van der Waals surface area contributed by atoms with Crippen LogP contribution in [0.5, 0.6) is 5.88 Å². The second-order valence-electron chi connectivity index (χ2n) is 8.57. The highest BCUT2D eigenvalue weighted by atomic mass is 32.1. The molecule has 1 fully saturated rings. The van der Waals surface area contributed by atoms with E-state index in [1.165, 1.54) is 4.90 Å². The molecule has 2 aliphatic rings. The van der Waals surface area contributed by atoms with Crippen molar-refractivity contribution in [3.8, 4) is 5.88 Å². The number of hydrogen-bond acceptors (Lipinski definition) is 7. The summed E-state index contributed by atoms with van der Waals surface area (Å²) in [5.74, 6) is 1.61. The number of carbonyl (C=O) groups excluding carboxylic acids is 1. The monoisotopic (exact) mass is 605 g/mol. The van der Waals surface area contributed by atoms with Gasteiger partial charge in [-0.05, 0) is 29.8 Å². The summed E-state index contributed by atoms with van der Waals surface area (Å²) in [4.78, 5) is 15.8. The van der Waals surface area contributed by atoms with Crippen LogP contribution in [0.1, 0.15) is 31.4 Å². The number of alkyl halides is 6. The van der Waals surface area contributed by atoms with Crippen molar-refractivity contribution in [1.82, 2.24) is 13.6 Å². The average molecular weight is 606 g/mol. The standard InChI is InChI=1S/C24H23F6N5O3S.C2H6/c1-37-19-4-2-3-15(5-6-19)14-38-21-20(32-39-33-21)34-7-9-35(10-8-34)22(36)31-18-12-16(23(25,26)27)11-17(13-18)24(28,29)30;1-2/h2-3,5-6,11-13H,4,7-10,14H2,1H3,(H,31,36);1-2H3. The Hall–Kier alpha value is -3.75. The van der Waals surface area contributed by atoms with E-state index in [-0.39, 0.29) is 25.8 Å². The lowest BCUT2D eigenvalue weighted by Gasteiger charge is -2.34. The van der Waals surface area contributed by atoms with Crippen LogP contribution in [0.25, 0.3) is 0 Å². The van der Waals surface area contributed by atoms with Crippen LogP contribution in [-0.4, -0.2) is 59.6 Å². The number of ether oxygens (including phenoxy) is 2. The average Bonchev–Trinajstić information content (AvgIpc) is 3.29. The number of anilines is 2. The Morgan fingerprint density at radius 1 is 0.976 bits per heavy atom. The van der Waals surface area contributed by atoms with Gasteiger partial charge in [0.15, 0.2) is 0 Å². The number of methoxy groups -OCH3 is 1. The minimum Gasteiger partial charge on any atom is -0.501 e. The fourth-order valence-electron chi connectivity index (χ4n) is 3.86. The molecule has 1 aromatic carbocycles. The Bertz CT molecular complexity index is 1250. The first kappa shape index (κ1) is 31.8. The van der Waals surface area contributed by atoms with Crippen molar-refractivity contribution in [2.45, 2.75) is 32.6 Å². The van der Waals surface area contributed by atoms with Gasteiger partial charge in [0.1, 0.15) is 6.61 Å². The molecule has 15 heteroatoms. The van der Waals surface area contributed by atoms with Crippen LogP contribution < -0.4 is 15.0 Å². The predicted octanol–water partition coefficient (Wildman–Crippen LogP) is 6.75. The minimum absolute atomic E-state index is 0.00612. The van der Waals surface area contributed by atoms with E-state index in [0.29, 0.717) is 43.3 Å². The number of halogens is 6. The van der Waals surface area contributed by atoms with Gasteiger partial charge >= 0.3 is 18.4 Å². The third kappa shape index (κ3) is 8.62. The van der Waals surface area contributed by atoms with Gasteiger partial charge in [0.25, 0.3) is 5.88 Å². The Morgan fingerprint density at radius 3 is 2.20 bits per heavy atom. The number of urea groups is 1. The molecule has 1 aromatic heterocycles. The van der Waals surface area contributed by atoms with Crippen LogP contribution in [-0.2, 0) is 17.1 Å². The number of allylic oxidation sites excluding steroid dienone is 3. The molecular weight excluding hydrogens is 576 g/mol. The second kappa shape index (κ2) is 13.7. The molecule has 1 aliphatic carbocycles. The number of piperazine rings is 1. The van der Waals surface area contributed by atoms with Crippen LogP contribution in [0.15, 0.2) is 53.8 Å². The van der Waals surface area contributed by atoms with Crippen LogP contribution in [0.2, 0.25) is 0 Å². The number of nitrogens with zero attached hydrogens (tertiary/aromatic N) is 4. The first-order chi connectivity index (χ1) is 19.4. The Kier molecular flexibility index (Phi) is 10.7. The van der Waals surface area contributed by atoms with Crippen molar-refractivity contribution >= 4 is 29.3 Å². The van der Waals surface area contributed by atoms with Gasteiger partial charge in [0.05, 0.1) is 35.7 Å². The van der Waals surface area contributed by atoms with Crippen molar-refractivity contribution in [3.05, 3.63) is 65.0 Å². The lowest BCUT2D eigenvalue weighted by Crippen LogP contribution is -2.50. The maximum Gasteiger partial charge on any atom is 0.416 e. The van der Waals surface area contributed by atoms with E-state index >= 15 is 0 Å². The zero-order valence-electron chi connectivity index (χ0n) is 22.5. The molecule has 1 N–H and O–H groups in total. The molecule has 2 aromatic rings. The molecular formula is C26H29F6N5O3S. The quantitative estimate of drug-likeness (QED) is 0.367. The van der Waals surface area contributed by atoms with Gasteiger partial charge in [-0.3, -0.25) is 0 Å². The summed E-state index contributed by atoms with van der Waals surface area (Å²) >= 11 is 0.957. The highest BCUT2D eigenvalue weighted by Crippen LogP contribution is 2.37. The maximum absolute atomic E-state index is 13.1. The largest absolute Gasteiger partial charge is 0.501 e. The Balaban J connectivity index is 0.00000226.